The molecule has 2 saturated heterocycles. The molecule has 4 heteroatoms. The molecule has 3 rings (SSSR count). The first-order valence-electron chi connectivity index (χ1n) is 8.15. The Bertz CT molecular complexity index is 543. The van der Waals surface area contributed by atoms with Crippen molar-refractivity contribution >= 4 is 17.6 Å². The molecule has 0 radical (unpaired) electrons. The summed E-state index contributed by atoms with van der Waals surface area (Å²) in [5.41, 5.74) is 1.21. The minimum Gasteiger partial charge on any atom is -0.463 e. The Labute approximate surface area is 137 Å². The lowest BCUT2D eigenvalue weighted by Crippen LogP contribution is -2.49. The van der Waals surface area contributed by atoms with Crippen LogP contribution < -0.4 is 0 Å². The third-order valence-corrected chi connectivity index (χ3v) is 5.44. The number of piperidine rings is 1. The first-order valence-corrected chi connectivity index (χ1v) is 8.53. The van der Waals surface area contributed by atoms with Gasteiger partial charge in [-0.2, -0.15) is 0 Å². The smallest absolute Gasteiger partial charge is 0.311 e. The van der Waals surface area contributed by atoms with E-state index >= 15 is 0 Å². The van der Waals surface area contributed by atoms with Crippen molar-refractivity contribution in [3.05, 3.63) is 34.9 Å². The lowest BCUT2D eigenvalue weighted by molar-refractivity contribution is -0.157. The summed E-state index contributed by atoms with van der Waals surface area (Å²) in [7, 11) is 2.15. The standard InChI is InChI=1S/C18H24ClNO2/c1-11(2)22-18(21)17-15(12-4-6-13(19)7-5-12)10-14-8-9-16(17)20(14)3/h4-7,11,14-17H,8-10H2,1-3H3/t14-,15+,16?,17?/m0/s1. The second-order valence-corrected chi connectivity index (χ2v) is 7.31. The van der Waals surface area contributed by atoms with Crippen LogP contribution in [0.5, 0.6) is 0 Å². The zero-order valence-electron chi connectivity index (χ0n) is 13.5. The maximum atomic E-state index is 12.7. The van der Waals surface area contributed by atoms with Crippen LogP contribution in [0.3, 0.4) is 0 Å². The van der Waals surface area contributed by atoms with Gasteiger partial charge >= 0.3 is 5.97 Å². The second-order valence-electron chi connectivity index (χ2n) is 6.87. The van der Waals surface area contributed by atoms with Gasteiger partial charge in [-0.25, -0.2) is 0 Å². The van der Waals surface area contributed by atoms with Crippen molar-refractivity contribution < 1.29 is 9.53 Å². The lowest BCUT2D eigenvalue weighted by atomic mass is 9.76. The van der Waals surface area contributed by atoms with Crippen LogP contribution in [-0.4, -0.2) is 36.1 Å². The molecule has 2 aliphatic rings. The molecule has 0 N–H and O–H groups in total. The van der Waals surface area contributed by atoms with E-state index in [-0.39, 0.29) is 23.9 Å². The predicted molar refractivity (Wildman–Crippen MR) is 88.1 cm³/mol. The molecule has 0 amide bonds. The van der Waals surface area contributed by atoms with Crippen LogP contribution >= 0.6 is 11.6 Å². The molecule has 22 heavy (non-hydrogen) atoms. The molecule has 2 heterocycles. The van der Waals surface area contributed by atoms with E-state index in [1.165, 1.54) is 12.0 Å². The molecular formula is C18H24ClNO2. The summed E-state index contributed by atoms with van der Waals surface area (Å²) in [5.74, 6) is 0.108. The van der Waals surface area contributed by atoms with Gasteiger partial charge in [-0.05, 0) is 57.9 Å². The van der Waals surface area contributed by atoms with Crippen LogP contribution in [0.4, 0.5) is 0 Å². The van der Waals surface area contributed by atoms with Gasteiger partial charge in [0.15, 0.2) is 0 Å². The largest absolute Gasteiger partial charge is 0.463 e. The van der Waals surface area contributed by atoms with Crippen molar-refractivity contribution in [1.29, 1.82) is 0 Å². The van der Waals surface area contributed by atoms with Crippen LogP contribution in [0.25, 0.3) is 0 Å². The van der Waals surface area contributed by atoms with E-state index < -0.39 is 0 Å². The molecule has 2 bridgehead atoms. The zero-order chi connectivity index (χ0) is 15.9. The van der Waals surface area contributed by atoms with Crippen molar-refractivity contribution in [2.24, 2.45) is 5.92 Å². The minimum atomic E-state index is -0.0766. The van der Waals surface area contributed by atoms with E-state index in [4.69, 9.17) is 16.3 Å². The molecular weight excluding hydrogens is 298 g/mol. The van der Waals surface area contributed by atoms with Gasteiger partial charge in [0.2, 0.25) is 0 Å². The van der Waals surface area contributed by atoms with Crippen LogP contribution in [0.2, 0.25) is 5.02 Å². The SMILES string of the molecule is CC(C)OC(=O)C1C2CC[C@@H](C[C@@H]1c1ccc(Cl)cc1)N2C. The van der Waals surface area contributed by atoms with Crippen molar-refractivity contribution in [2.45, 2.75) is 57.2 Å². The van der Waals surface area contributed by atoms with E-state index in [0.717, 1.165) is 17.9 Å². The maximum Gasteiger partial charge on any atom is 0.311 e. The summed E-state index contributed by atoms with van der Waals surface area (Å²) in [6.07, 6.45) is 3.22. The Morgan fingerprint density at radius 1 is 1.27 bits per heavy atom. The fourth-order valence-electron chi connectivity index (χ4n) is 4.15. The van der Waals surface area contributed by atoms with Gasteiger partial charge in [0, 0.05) is 23.0 Å². The van der Waals surface area contributed by atoms with E-state index in [2.05, 4.69) is 24.1 Å². The van der Waals surface area contributed by atoms with Gasteiger partial charge in [0.25, 0.3) is 0 Å². The zero-order valence-corrected chi connectivity index (χ0v) is 14.2. The van der Waals surface area contributed by atoms with Crippen molar-refractivity contribution in [3.63, 3.8) is 0 Å². The predicted octanol–water partition coefficient (Wildman–Crippen LogP) is 3.86. The quantitative estimate of drug-likeness (QED) is 0.792. The van der Waals surface area contributed by atoms with E-state index in [1.54, 1.807) is 0 Å². The van der Waals surface area contributed by atoms with Gasteiger partial charge in [0.05, 0.1) is 12.0 Å². The molecule has 120 valence electrons. The van der Waals surface area contributed by atoms with Gasteiger partial charge in [0.1, 0.15) is 0 Å². The number of hydrogen-bond acceptors (Lipinski definition) is 3. The van der Waals surface area contributed by atoms with Crippen molar-refractivity contribution in [2.75, 3.05) is 7.05 Å². The van der Waals surface area contributed by atoms with Crippen LogP contribution in [0.15, 0.2) is 24.3 Å². The summed E-state index contributed by atoms with van der Waals surface area (Å²) in [5, 5.41) is 0.737. The van der Waals surface area contributed by atoms with E-state index in [0.29, 0.717) is 12.1 Å². The summed E-state index contributed by atoms with van der Waals surface area (Å²) in [6, 6.07) is 8.84. The Balaban J connectivity index is 1.91. The molecule has 1 aromatic rings. The highest BCUT2D eigenvalue weighted by atomic mass is 35.5. The third kappa shape index (κ3) is 2.89. The number of fused-ring (bicyclic) bond motifs is 2. The van der Waals surface area contributed by atoms with E-state index in [9.17, 15) is 4.79 Å². The number of carbonyl (C=O) groups is 1. The van der Waals surface area contributed by atoms with Crippen molar-refractivity contribution in [1.82, 2.24) is 4.90 Å². The van der Waals surface area contributed by atoms with E-state index in [1.807, 2.05) is 26.0 Å². The maximum absolute atomic E-state index is 12.7. The molecule has 0 saturated carbocycles. The Kier molecular flexibility index (Phi) is 4.47. The molecule has 4 atom stereocenters. The molecule has 2 fully saturated rings. The molecule has 0 aromatic heterocycles. The highest BCUT2D eigenvalue weighted by molar-refractivity contribution is 6.30. The van der Waals surface area contributed by atoms with Crippen LogP contribution in [-0.2, 0) is 9.53 Å². The van der Waals surface area contributed by atoms with Gasteiger partial charge < -0.3 is 4.74 Å². The number of rotatable bonds is 3. The molecule has 0 aliphatic carbocycles. The highest BCUT2D eigenvalue weighted by Gasteiger charge is 2.49. The fraction of sp³-hybridized carbons (Fsp3) is 0.611. The number of esters is 1. The van der Waals surface area contributed by atoms with Crippen LogP contribution in [0.1, 0.15) is 44.6 Å². The molecule has 3 nitrogen and oxygen atoms in total. The Morgan fingerprint density at radius 3 is 2.59 bits per heavy atom. The molecule has 0 spiro atoms. The average molecular weight is 322 g/mol. The molecule has 2 aliphatic heterocycles. The number of hydrogen-bond donors (Lipinski definition) is 0. The molecule has 2 unspecified atom stereocenters. The summed E-state index contributed by atoms with van der Waals surface area (Å²) < 4.78 is 5.57. The van der Waals surface area contributed by atoms with Crippen molar-refractivity contribution in [3.8, 4) is 0 Å². The Morgan fingerprint density at radius 2 is 1.95 bits per heavy atom. The number of nitrogens with zero attached hydrogens (tertiary/aromatic N) is 1. The first kappa shape index (κ1) is 15.8. The minimum absolute atomic E-state index is 0.0489. The monoisotopic (exact) mass is 321 g/mol. The number of benzene rings is 1. The highest BCUT2D eigenvalue weighted by Crippen LogP contribution is 2.46. The number of halogens is 1. The van der Waals surface area contributed by atoms with Gasteiger partial charge in [-0.1, -0.05) is 23.7 Å². The fourth-order valence-corrected chi connectivity index (χ4v) is 4.28. The van der Waals surface area contributed by atoms with Gasteiger partial charge in [-0.15, -0.1) is 0 Å². The normalized spacial score (nSPS) is 31.5. The second kappa shape index (κ2) is 6.21. The van der Waals surface area contributed by atoms with Crippen LogP contribution in [0, 0.1) is 5.92 Å². The lowest BCUT2D eigenvalue weighted by Gasteiger charge is -2.42. The topological polar surface area (TPSA) is 29.5 Å². The van der Waals surface area contributed by atoms with Gasteiger partial charge in [-0.3, -0.25) is 9.69 Å². The third-order valence-electron chi connectivity index (χ3n) is 5.19. The Hall–Kier alpha value is -1.06. The first-order chi connectivity index (χ1) is 10.5. The average Bonchev–Trinajstić information content (AvgIpc) is 2.71. The number of carbonyl (C=O) groups excluding carboxylic acids is 1. The number of ether oxygens (including phenoxy) is 1. The summed E-state index contributed by atoms with van der Waals surface area (Å²) in [4.78, 5) is 15.1. The summed E-state index contributed by atoms with van der Waals surface area (Å²) >= 11 is 6.01. The molecule has 1 aromatic carbocycles. The summed E-state index contributed by atoms with van der Waals surface area (Å²) in [6.45, 7) is 3.83.